The van der Waals surface area contributed by atoms with E-state index < -0.39 is 17.7 Å². The van der Waals surface area contributed by atoms with Gasteiger partial charge in [-0.25, -0.2) is 4.40 Å². The van der Waals surface area contributed by atoms with Crippen LogP contribution in [0.1, 0.15) is 11.1 Å². The molecular formula is C12H9F3N2O2S. The summed E-state index contributed by atoms with van der Waals surface area (Å²) >= 11 is 0.736. The van der Waals surface area contributed by atoms with Gasteiger partial charge in [0, 0.05) is 5.56 Å². The van der Waals surface area contributed by atoms with Gasteiger partial charge in [0.2, 0.25) is 0 Å². The summed E-state index contributed by atoms with van der Waals surface area (Å²) in [7, 11) is 1.20. The highest BCUT2D eigenvalue weighted by molar-refractivity contribution is 7.98. The van der Waals surface area contributed by atoms with Crippen LogP contribution in [0.2, 0.25) is 0 Å². The number of alkyl halides is 3. The Kier molecular flexibility index (Phi) is 5.58. The molecule has 0 unspecified atom stereocenters. The summed E-state index contributed by atoms with van der Waals surface area (Å²) < 4.78 is 45.8. The van der Waals surface area contributed by atoms with Crippen LogP contribution in [-0.4, -0.2) is 24.5 Å². The minimum Gasteiger partial charge on any atom is -0.468 e. The largest absolute Gasteiger partial charge is 0.468 e. The highest BCUT2D eigenvalue weighted by atomic mass is 32.2. The van der Waals surface area contributed by atoms with E-state index in [0.717, 1.165) is 24.1 Å². The average Bonchev–Trinajstić information content (AvgIpc) is 2.42. The number of hydrogen-bond donors (Lipinski definition) is 0. The van der Waals surface area contributed by atoms with E-state index in [0.29, 0.717) is 0 Å². The van der Waals surface area contributed by atoms with Crippen molar-refractivity contribution in [2.45, 2.75) is 6.18 Å². The fourth-order valence-electron chi connectivity index (χ4n) is 1.19. The van der Waals surface area contributed by atoms with Gasteiger partial charge in [-0.1, -0.05) is 12.1 Å². The summed E-state index contributed by atoms with van der Waals surface area (Å²) in [5.74, 6) is -0.666. The molecule has 20 heavy (non-hydrogen) atoms. The number of rotatable bonds is 4. The second-order valence-corrected chi connectivity index (χ2v) is 4.21. The molecule has 0 heterocycles. The first kappa shape index (κ1) is 16.0. The molecular weight excluding hydrogens is 293 g/mol. The molecule has 0 N–H and O–H groups in total. The van der Waals surface area contributed by atoms with E-state index in [1.807, 2.05) is 0 Å². The summed E-state index contributed by atoms with van der Waals surface area (Å²) in [5.41, 5.74) is -1.01. The van der Waals surface area contributed by atoms with E-state index in [-0.39, 0.29) is 17.0 Å². The van der Waals surface area contributed by atoms with E-state index in [4.69, 9.17) is 5.26 Å². The predicted octanol–water partition coefficient (Wildman–Crippen LogP) is 2.84. The highest BCUT2D eigenvalue weighted by Crippen LogP contribution is 2.29. The number of carbonyl (C=O) groups excluding carboxylic acids is 1. The maximum Gasteiger partial charge on any atom is 0.416 e. The number of hydrogen-bond acceptors (Lipinski definition) is 5. The minimum atomic E-state index is -4.49. The van der Waals surface area contributed by atoms with E-state index in [2.05, 4.69) is 9.13 Å². The Morgan fingerprint density at radius 3 is 2.75 bits per heavy atom. The van der Waals surface area contributed by atoms with Crippen molar-refractivity contribution in [1.82, 2.24) is 0 Å². The van der Waals surface area contributed by atoms with Crippen molar-refractivity contribution in [3.05, 3.63) is 35.4 Å². The van der Waals surface area contributed by atoms with Crippen molar-refractivity contribution >= 4 is 23.6 Å². The molecule has 1 aromatic carbocycles. The molecule has 0 fully saturated rings. The second-order valence-electron chi connectivity index (χ2n) is 3.48. The van der Waals surface area contributed by atoms with Crippen LogP contribution in [0, 0.1) is 11.3 Å². The molecule has 1 rings (SSSR count). The predicted molar refractivity (Wildman–Crippen MR) is 68.1 cm³/mol. The lowest BCUT2D eigenvalue weighted by molar-refractivity contribution is -0.138. The molecule has 0 saturated heterocycles. The normalized spacial score (nSPS) is 11.8. The van der Waals surface area contributed by atoms with Crippen LogP contribution in [0.4, 0.5) is 13.2 Å². The van der Waals surface area contributed by atoms with Crippen LogP contribution >= 0.6 is 11.9 Å². The Morgan fingerprint density at radius 1 is 1.50 bits per heavy atom. The van der Waals surface area contributed by atoms with E-state index in [1.165, 1.54) is 19.2 Å². The number of benzene rings is 1. The molecule has 0 aliphatic heterocycles. The molecule has 106 valence electrons. The number of halogens is 3. The molecule has 0 spiro atoms. The van der Waals surface area contributed by atoms with Gasteiger partial charge in [0.05, 0.1) is 12.7 Å². The zero-order valence-corrected chi connectivity index (χ0v) is 11.1. The standard InChI is InChI=1S/C12H9F3N2O2S/c1-19-11(18)7-20-17-10(6-16)8-3-2-4-9(5-8)12(13,14)15/h2-5H,7H2,1H3/b17-10+. The number of nitrogens with zero attached hydrogens (tertiary/aromatic N) is 2. The first-order chi connectivity index (χ1) is 9.38. The van der Waals surface area contributed by atoms with Crippen molar-refractivity contribution in [2.75, 3.05) is 12.9 Å². The fourth-order valence-corrected chi connectivity index (χ4v) is 1.75. The Balaban J connectivity index is 2.93. The summed E-state index contributed by atoms with van der Waals surface area (Å²) in [5, 5.41) is 8.90. The van der Waals surface area contributed by atoms with E-state index in [9.17, 15) is 18.0 Å². The first-order valence-corrected chi connectivity index (χ1v) is 6.17. The smallest absolute Gasteiger partial charge is 0.416 e. The van der Waals surface area contributed by atoms with Gasteiger partial charge in [0.1, 0.15) is 11.8 Å². The van der Waals surface area contributed by atoms with Crippen LogP contribution in [0.15, 0.2) is 28.7 Å². The van der Waals surface area contributed by atoms with E-state index >= 15 is 0 Å². The third-order valence-electron chi connectivity index (χ3n) is 2.14. The van der Waals surface area contributed by atoms with Gasteiger partial charge >= 0.3 is 12.1 Å². The summed E-state index contributed by atoms with van der Waals surface area (Å²) in [6.07, 6.45) is -4.49. The lowest BCUT2D eigenvalue weighted by Crippen LogP contribution is -2.07. The monoisotopic (exact) mass is 302 g/mol. The van der Waals surface area contributed by atoms with Crippen molar-refractivity contribution in [3.8, 4) is 6.07 Å². The Hall–Kier alpha value is -2.01. The highest BCUT2D eigenvalue weighted by Gasteiger charge is 2.30. The number of ether oxygens (including phenoxy) is 1. The van der Waals surface area contributed by atoms with Crippen molar-refractivity contribution in [2.24, 2.45) is 4.40 Å². The van der Waals surface area contributed by atoms with Crippen molar-refractivity contribution < 1.29 is 22.7 Å². The molecule has 0 amide bonds. The maximum absolute atomic E-state index is 12.5. The minimum absolute atomic E-state index is 0.0414. The molecule has 0 atom stereocenters. The summed E-state index contributed by atoms with van der Waals surface area (Å²) in [6.45, 7) is 0. The quantitative estimate of drug-likeness (QED) is 0.487. The van der Waals surface area contributed by atoms with Crippen LogP contribution in [-0.2, 0) is 15.7 Å². The van der Waals surface area contributed by atoms with Gasteiger partial charge in [-0.15, -0.1) is 0 Å². The zero-order valence-electron chi connectivity index (χ0n) is 10.3. The number of esters is 1. The topological polar surface area (TPSA) is 62.4 Å². The maximum atomic E-state index is 12.5. The average molecular weight is 302 g/mol. The third kappa shape index (κ3) is 4.59. The Bertz CT molecular complexity index is 565. The molecule has 1 aromatic rings. The van der Waals surface area contributed by atoms with Gasteiger partial charge in [-0.3, -0.25) is 4.79 Å². The van der Waals surface area contributed by atoms with Gasteiger partial charge in [-0.2, -0.15) is 18.4 Å². The van der Waals surface area contributed by atoms with Crippen LogP contribution in [0.5, 0.6) is 0 Å². The molecule has 0 aliphatic rings. The molecule has 0 saturated carbocycles. The van der Waals surface area contributed by atoms with Gasteiger partial charge in [-0.05, 0) is 24.1 Å². The Morgan fingerprint density at radius 2 is 2.20 bits per heavy atom. The molecule has 0 radical (unpaired) electrons. The summed E-state index contributed by atoms with van der Waals surface area (Å²) in [6, 6.07) is 5.97. The fraction of sp³-hybridized carbons (Fsp3) is 0.250. The zero-order chi connectivity index (χ0) is 15.2. The molecule has 0 aromatic heterocycles. The molecule has 8 heteroatoms. The molecule has 4 nitrogen and oxygen atoms in total. The first-order valence-electron chi connectivity index (χ1n) is 5.23. The number of carbonyl (C=O) groups is 1. The third-order valence-corrected chi connectivity index (χ3v) is 2.81. The summed E-state index contributed by atoms with van der Waals surface area (Å²) in [4.78, 5) is 10.9. The number of nitriles is 1. The van der Waals surface area contributed by atoms with Crippen molar-refractivity contribution in [1.29, 1.82) is 5.26 Å². The number of methoxy groups -OCH3 is 1. The van der Waals surface area contributed by atoms with Crippen LogP contribution in [0.25, 0.3) is 0 Å². The lowest BCUT2D eigenvalue weighted by Gasteiger charge is -2.07. The van der Waals surface area contributed by atoms with Gasteiger partial charge in [0.15, 0.2) is 5.71 Å². The second kappa shape index (κ2) is 6.96. The van der Waals surface area contributed by atoms with Crippen LogP contribution < -0.4 is 0 Å². The van der Waals surface area contributed by atoms with Gasteiger partial charge in [0.25, 0.3) is 0 Å². The van der Waals surface area contributed by atoms with Gasteiger partial charge < -0.3 is 4.74 Å². The van der Waals surface area contributed by atoms with Crippen molar-refractivity contribution in [3.63, 3.8) is 0 Å². The lowest BCUT2D eigenvalue weighted by atomic mass is 10.1. The molecule has 0 bridgehead atoms. The van der Waals surface area contributed by atoms with E-state index in [1.54, 1.807) is 6.07 Å². The SMILES string of the molecule is COC(=O)CS/N=C(\C#N)c1cccc(C(F)(F)F)c1. The molecule has 0 aliphatic carbocycles. The van der Waals surface area contributed by atoms with Crippen LogP contribution in [0.3, 0.4) is 0 Å². The Labute approximate surface area is 117 Å².